The molecule has 0 saturated heterocycles. The molecular formula is C24H17ClN2O6S. The molecule has 3 aromatic rings. The zero-order chi connectivity index (χ0) is 24.7. The largest absolute Gasteiger partial charge is 0.465 e. The molecule has 0 aliphatic rings. The van der Waals surface area contributed by atoms with Crippen molar-refractivity contribution in [2.45, 2.75) is 4.90 Å². The van der Waals surface area contributed by atoms with Gasteiger partial charge in [0.1, 0.15) is 22.3 Å². The van der Waals surface area contributed by atoms with E-state index in [1.54, 1.807) is 0 Å². The van der Waals surface area contributed by atoms with Gasteiger partial charge >= 0.3 is 16.1 Å². The van der Waals surface area contributed by atoms with E-state index in [9.17, 15) is 23.3 Å². The first kappa shape index (κ1) is 24.5. The number of hydrogen-bond acceptors (Lipinski definition) is 7. The number of rotatable bonds is 7. The Morgan fingerprint density at radius 2 is 1.59 bits per heavy atom. The molecule has 0 aromatic heterocycles. The first-order valence-electron chi connectivity index (χ1n) is 9.63. The Morgan fingerprint density at radius 3 is 2.15 bits per heavy atom. The van der Waals surface area contributed by atoms with E-state index in [1.807, 2.05) is 6.07 Å². The summed E-state index contributed by atoms with van der Waals surface area (Å²) in [5, 5.41) is 12.3. The second kappa shape index (κ2) is 10.7. The molecule has 0 aliphatic carbocycles. The van der Waals surface area contributed by atoms with Gasteiger partial charge in [0, 0.05) is 10.7 Å². The topological polar surface area (TPSA) is 123 Å². The maximum absolute atomic E-state index is 12.5. The Kier molecular flexibility index (Phi) is 7.68. The average molecular weight is 497 g/mol. The molecule has 0 spiro atoms. The number of benzene rings is 3. The maximum Gasteiger partial charge on any atom is 0.339 e. The number of methoxy groups -OCH3 is 1. The molecule has 1 amide bonds. The molecule has 0 heterocycles. The van der Waals surface area contributed by atoms with Crippen molar-refractivity contribution in [1.29, 1.82) is 5.26 Å². The van der Waals surface area contributed by atoms with E-state index in [4.69, 9.17) is 15.8 Å². The van der Waals surface area contributed by atoms with Crippen molar-refractivity contribution in [3.63, 3.8) is 0 Å². The summed E-state index contributed by atoms with van der Waals surface area (Å²) in [6.07, 6.45) is 1.34. The number of ether oxygens (including phenoxy) is 1. The SMILES string of the molecule is COC(=O)c1ccc(NC(=O)/C(C#N)=C/c2ccc(OS(=O)(=O)c3ccc(Cl)cc3)cc2)cc1. The molecule has 0 aliphatic heterocycles. The van der Waals surface area contributed by atoms with Crippen LogP contribution in [0.3, 0.4) is 0 Å². The number of anilines is 1. The maximum atomic E-state index is 12.5. The highest BCUT2D eigenvalue weighted by molar-refractivity contribution is 7.87. The number of carbonyl (C=O) groups excluding carboxylic acids is 2. The lowest BCUT2D eigenvalue weighted by Gasteiger charge is -2.08. The summed E-state index contributed by atoms with van der Waals surface area (Å²) in [6, 6.07) is 19.1. The van der Waals surface area contributed by atoms with E-state index in [0.717, 1.165) is 0 Å². The van der Waals surface area contributed by atoms with E-state index in [1.165, 1.54) is 86.0 Å². The number of carbonyl (C=O) groups is 2. The minimum atomic E-state index is -4.05. The lowest BCUT2D eigenvalue weighted by atomic mass is 10.1. The third-order valence-electron chi connectivity index (χ3n) is 4.43. The molecule has 1 N–H and O–H groups in total. The Balaban J connectivity index is 1.70. The van der Waals surface area contributed by atoms with Gasteiger partial charge in [-0.2, -0.15) is 13.7 Å². The number of amides is 1. The van der Waals surface area contributed by atoms with Crippen LogP contribution in [-0.2, 0) is 19.6 Å². The molecule has 0 saturated carbocycles. The lowest BCUT2D eigenvalue weighted by Crippen LogP contribution is -2.13. The summed E-state index contributed by atoms with van der Waals surface area (Å²) < 4.78 is 34.4. The molecule has 0 radical (unpaired) electrons. The molecule has 3 rings (SSSR count). The van der Waals surface area contributed by atoms with Gasteiger partial charge in [0.15, 0.2) is 0 Å². The van der Waals surface area contributed by atoms with Crippen molar-refractivity contribution in [1.82, 2.24) is 0 Å². The van der Waals surface area contributed by atoms with Crippen molar-refractivity contribution in [3.05, 3.63) is 94.5 Å². The monoisotopic (exact) mass is 496 g/mol. The lowest BCUT2D eigenvalue weighted by molar-refractivity contribution is -0.112. The predicted octanol–water partition coefficient (Wildman–Crippen LogP) is 4.44. The van der Waals surface area contributed by atoms with E-state index in [-0.39, 0.29) is 16.2 Å². The first-order chi connectivity index (χ1) is 16.2. The summed E-state index contributed by atoms with van der Waals surface area (Å²) in [7, 11) is -2.79. The van der Waals surface area contributed by atoms with Crippen LogP contribution >= 0.6 is 11.6 Å². The minimum absolute atomic E-state index is 0.0519. The van der Waals surface area contributed by atoms with Crippen LogP contribution in [0.5, 0.6) is 5.75 Å². The average Bonchev–Trinajstić information content (AvgIpc) is 2.83. The quantitative estimate of drug-likeness (QED) is 0.222. The van der Waals surface area contributed by atoms with Crippen LogP contribution in [-0.4, -0.2) is 27.4 Å². The third kappa shape index (κ3) is 6.22. The van der Waals surface area contributed by atoms with Crippen molar-refractivity contribution in [2.75, 3.05) is 12.4 Å². The van der Waals surface area contributed by atoms with Crippen LogP contribution in [0.4, 0.5) is 5.69 Å². The van der Waals surface area contributed by atoms with E-state index in [2.05, 4.69) is 10.1 Å². The molecule has 172 valence electrons. The number of nitriles is 1. The molecule has 34 heavy (non-hydrogen) atoms. The van der Waals surface area contributed by atoms with Crippen molar-refractivity contribution in [3.8, 4) is 11.8 Å². The van der Waals surface area contributed by atoms with Gasteiger partial charge in [0.25, 0.3) is 5.91 Å². The Bertz CT molecular complexity index is 1380. The fourth-order valence-electron chi connectivity index (χ4n) is 2.72. The summed E-state index contributed by atoms with van der Waals surface area (Å²) >= 11 is 5.77. The van der Waals surface area contributed by atoms with E-state index in [0.29, 0.717) is 21.8 Å². The number of esters is 1. The smallest absolute Gasteiger partial charge is 0.339 e. The Hall–Kier alpha value is -4.13. The number of hydrogen-bond donors (Lipinski definition) is 1. The van der Waals surface area contributed by atoms with Crippen LogP contribution in [0.2, 0.25) is 5.02 Å². The van der Waals surface area contributed by atoms with Gasteiger partial charge in [0.2, 0.25) is 0 Å². The summed E-state index contributed by atoms with van der Waals surface area (Å²) in [6.45, 7) is 0. The number of nitrogens with zero attached hydrogens (tertiary/aromatic N) is 1. The third-order valence-corrected chi connectivity index (χ3v) is 5.94. The molecule has 3 aromatic carbocycles. The zero-order valence-corrected chi connectivity index (χ0v) is 19.3. The van der Waals surface area contributed by atoms with Gasteiger partial charge in [-0.05, 0) is 72.3 Å². The van der Waals surface area contributed by atoms with E-state index >= 15 is 0 Å². The van der Waals surface area contributed by atoms with Crippen LogP contribution in [0.15, 0.2) is 83.3 Å². The van der Waals surface area contributed by atoms with Crippen molar-refractivity contribution in [2.24, 2.45) is 0 Å². The number of halogens is 1. The van der Waals surface area contributed by atoms with Crippen LogP contribution in [0, 0.1) is 11.3 Å². The standard InChI is InChI=1S/C24H17ClN2O6S/c1-32-24(29)17-4-8-20(9-5-17)27-23(28)18(15-26)14-16-2-10-21(11-3-16)33-34(30,31)22-12-6-19(25)7-13-22/h2-14H,1H3,(H,27,28)/b18-14+. The van der Waals surface area contributed by atoms with Crippen molar-refractivity contribution >= 4 is 45.4 Å². The second-order valence-corrected chi connectivity index (χ2v) is 8.74. The summed E-state index contributed by atoms with van der Waals surface area (Å²) in [5.74, 6) is -1.11. The van der Waals surface area contributed by atoms with Crippen LogP contribution in [0.25, 0.3) is 6.08 Å². The van der Waals surface area contributed by atoms with Gasteiger partial charge < -0.3 is 14.2 Å². The number of nitrogens with one attached hydrogen (secondary N) is 1. The highest BCUT2D eigenvalue weighted by Gasteiger charge is 2.16. The Labute approximate surface area is 201 Å². The molecule has 0 fully saturated rings. The minimum Gasteiger partial charge on any atom is -0.465 e. The highest BCUT2D eigenvalue weighted by Crippen LogP contribution is 2.22. The zero-order valence-electron chi connectivity index (χ0n) is 17.7. The molecule has 0 atom stereocenters. The molecule has 8 nitrogen and oxygen atoms in total. The second-order valence-electron chi connectivity index (χ2n) is 6.75. The van der Waals surface area contributed by atoms with Gasteiger partial charge in [-0.15, -0.1) is 0 Å². The predicted molar refractivity (Wildman–Crippen MR) is 126 cm³/mol. The summed E-state index contributed by atoms with van der Waals surface area (Å²) in [4.78, 5) is 23.9. The molecule has 10 heteroatoms. The fraction of sp³-hybridized carbons (Fsp3) is 0.0417. The van der Waals surface area contributed by atoms with Crippen LogP contribution < -0.4 is 9.50 Å². The van der Waals surface area contributed by atoms with Gasteiger partial charge in [-0.25, -0.2) is 4.79 Å². The molecule has 0 unspecified atom stereocenters. The van der Waals surface area contributed by atoms with E-state index < -0.39 is 22.0 Å². The summed E-state index contributed by atoms with van der Waals surface area (Å²) in [5.41, 5.74) is 0.996. The Morgan fingerprint density at radius 1 is 0.971 bits per heavy atom. The van der Waals surface area contributed by atoms with Crippen molar-refractivity contribution < 1.29 is 26.9 Å². The van der Waals surface area contributed by atoms with Gasteiger partial charge in [-0.3, -0.25) is 4.79 Å². The fourth-order valence-corrected chi connectivity index (χ4v) is 3.77. The van der Waals surface area contributed by atoms with Gasteiger partial charge in [0.05, 0.1) is 12.7 Å². The molecular weight excluding hydrogens is 480 g/mol. The first-order valence-corrected chi connectivity index (χ1v) is 11.4. The highest BCUT2D eigenvalue weighted by atomic mass is 35.5. The molecule has 0 bridgehead atoms. The van der Waals surface area contributed by atoms with Crippen LogP contribution in [0.1, 0.15) is 15.9 Å². The normalized spacial score (nSPS) is 11.3. The van der Waals surface area contributed by atoms with Gasteiger partial charge in [-0.1, -0.05) is 23.7 Å².